The van der Waals surface area contributed by atoms with Gasteiger partial charge < -0.3 is 14.5 Å². The standard InChI is InChI=1S/C20H26ClN5O2/c1-16-5-7-22-23-19(15-16)24-8-10-25(11-9-24)20(27)26-12-14-28-13-6-18(21)4-3-17(26)2/h3-4,6-7,15H,2,5,8-14H2,1H3/b4-3-,18-6+. The van der Waals surface area contributed by atoms with Gasteiger partial charge in [0.2, 0.25) is 0 Å². The molecule has 0 aromatic rings. The molecule has 28 heavy (non-hydrogen) atoms. The van der Waals surface area contributed by atoms with Crippen molar-refractivity contribution < 1.29 is 9.53 Å². The number of amidine groups is 1. The average Bonchev–Trinajstić information content (AvgIpc) is 2.92. The number of ether oxygens (including phenoxy) is 1. The molecule has 0 aliphatic carbocycles. The SMILES string of the molecule is C=C1/C=C\C(Cl)=C/COCCN1C(=O)N1CCN(C2=NN=CCC(C)=C2)CC1. The quantitative estimate of drug-likeness (QED) is 0.624. The molecule has 3 aliphatic heterocycles. The van der Waals surface area contributed by atoms with Crippen LogP contribution in [0, 0.1) is 0 Å². The fourth-order valence-electron chi connectivity index (χ4n) is 3.12. The highest BCUT2D eigenvalue weighted by Crippen LogP contribution is 2.15. The van der Waals surface area contributed by atoms with Crippen LogP contribution in [0.15, 0.2) is 57.4 Å². The van der Waals surface area contributed by atoms with E-state index in [2.05, 4.69) is 34.7 Å². The Kier molecular flexibility index (Phi) is 7.06. The molecule has 0 atom stereocenters. The minimum atomic E-state index is -0.0638. The van der Waals surface area contributed by atoms with Crippen molar-refractivity contribution in [1.29, 1.82) is 0 Å². The molecule has 2 amide bonds. The van der Waals surface area contributed by atoms with Gasteiger partial charge in [-0.1, -0.05) is 23.8 Å². The maximum atomic E-state index is 13.1. The largest absolute Gasteiger partial charge is 0.375 e. The molecule has 0 N–H and O–H groups in total. The van der Waals surface area contributed by atoms with E-state index in [-0.39, 0.29) is 6.03 Å². The lowest BCUT2D eigenvalue weighted by Crippen LogP contribution is -2.54. The number of hydrogen-bond acceptors (Lipinski definition) is 5. The number of piperazine rings is 1. The summed E-state index contributed by atoms with van der Waals surface area (Å²) in [6, 6.07) is -0.0638. The zero-order valence-electron chi connectivity index (χ0n) is 16.2. The molecule has 150 valence electrons. The van der Waals surface area contributed by atoms with Gasteiger partial charge in [0, 0.05) is 49.5 Å². The number of hydrogen-bond donors (Lipinski definition) is 0. The second kappa shape index (κ2) is 9.71. The van der Waals surface area contributed by atoms with Crippen molar-refractivity contribution in [3.63, 3.8) is 0 Å². The van der Waals surface area contributed by atoms with Gasteiger partial charge in [0.1, 0.15) is 0 Å². The summed E-state index contributed by atoms with van der Waals surface area (Å²) in [6.07, 6.45) is 9.99. The van der Waals surface area contributed by atoms with Crippen molar-refractivity contribution in [1.82, 2.24) is 14.7 Å². The fourth-order valence-corrected chi connectivity index (χ4v) is 3.24. The van der Waals surface area contributed by atoms with Gasteiger partial charge in [-0.05, 0) is 31.2 Å². The van der Waals surface area contributed by atoms with Crippen LogP contribution in [0.1, 0.15) is 13.3 Å². The number of amides is 2. The Bertz CT molecular complexity index is 761. The van der Waals surface area contributed by atoms with Crippen LogP contribution in [0.25, 0.3) is 0 Å². The van der Waals surface area contributed by atoms with E-state index in [1.807, 2.05) is 11.1 Å². The normalized spacial score (nSPS) is 24.7. The smallest absolute Gasteiger partial charge is 0.324 e. The van der Waals surface area contributed by atoms with E-state index in [9.17, 15) is 4.79 Å². The first kappa shape index (κ1) is 20.4. The van der Waals surface area contributed by atoms with E-state index in [4.69, 9.17) is 16.3 Å². The van der Waals surface area contributed by atoms with Gasteiger partial charge in [-0.15, -0.1) is 5.10 Å². The lowest BCUT2D eigenvalue weighted by atomic mass is 10.2. The zero-order chi connectivity index (χ0) is 19.9. The number of carbonyl (C=O) groups excluding carboxylic acids is 1. The summed E-state index contributed by atoms with van der Waals surface area (Å²) in [5, 5.41) is 8.94. The Hall–Kier alpha value is -2.38. The van der Waals surface area contributed by atoms with Crippen molar-refractivity contribution >= 4 is 29.7 Å². The van der Waals surface area contributed by atoms with Gasteiger partial charge >= 0.3 is 6.03 Å². The summed E-state index contributed by atoms with van der Waals surface area (Å²) in [5.41, 5.74) is 1.83. The highest BCUT2D eigenvalue weighted by molar-refractivity contribution is 6.31. The molecule has 3 heterocycles. The van der Waals surface area contributed by atoms with Crippen LogP contribution in [0.5, 0.6) is 0 Å². The van der Waals surface area contributed by atoms with Crippen molar-refractivity contribution in [3.05, 3.63) is 47.2 Å². The minimum Gasteiger partial charge on any atom is -0.375 e. The van der Waals surface area contributed by atoms with Crippen molar-refractivity contribution in [2.24, 2.45) is 10.2 Å². The van der Waals surface area contributed by atoms with E-state index < -0.39 is 0 Å². The van der Waals surface area contributed by atoms with E-state index in [0.717, 1.165) is 12.3 Å². The van der Waals surface area contributed by atoms with E-state index in [0.29, 0.717) is 56.7 Å². The third-order valence-corrected chi connectivity index (χ3v) is 5.05. The molecule has 0 bridgehead atoms. The molecule has 1 fully saturated rings. The first-order valence-corrected chi connectivity index (χ1v) is 9.81. The molecular weight excluding hydrogens is 378 g/mol. The van der Waals surface area contributed by atoms with Gasteiger partial charge in [0.05, 0.1) is 19.8 Å². The molecular formula is C20H26ClN5O2. The van der Waals surface area contributed by atoms with E-state index >= 15 is 0 Å². The second-order valence-corrected chi connectivity index (χ2v) is 7.28. The molecule has 0 saturated carbocycles. The monoisotopic (exact) mass is 403 g/mol. The molecule has 0 aromatic heterocycles. The lowest BCUT2D eigenvalue weighted by molar-refractivity contribution is 0.116. The topological polar surface area (TPSA) is 60.7 Å². The van der Waals surface area contributed by atoms with Crippen molar-refractivity contribution in [2.45, 2.75) is 13.3 Å². The van der Waals surface area contributed by atoms with Crippen LogP contribution in [0.4, 0.5) is 4.79 Å². The van der Waals surface area contributed by atoms with Gasteiger partial charge in [-0.25, -0.2) is 4.79 Å². The number of rotatable bonds is 0. The molecule has 0 radical (unpaired) electrons. The second-order valence-electron chi connectivity index (χ2n) is 6.85. The van der Waals surface area contributed by atoms with Crippen LogP contribution in [-0.2, 0) is 4.74 Å². The third-order valence-electron chi connectivity index (χ3n) is 4.77. The molecule has 3 rings (SSSR count). The van der Waals surface area contributed by atoms with Crippen molar-refractivity contribution in [2.75, 3.05) is 45.9 Å². The summed E-state index contributed by atoms with van der Waals surface area (Å²) in [6.45, 7) is 10.1. The first-order valence-electron chi connectivity index (χ1n) is 9.43. The fraction of sp³-hybridized carbons (Fsp3) is 0.450. The van der Waals surface area contributed by atoms with Gasteiger partial charge in [-0.3, -0.25) is 4.90 Å². The summed E-state index contributed by atoms with van der Waals surface area (Å²) in [4.78, 5) is 18.7. The van der Waals surface area contributed by atoms with Gasteiger partial charge in [0.25, 0.3) is 0 Å². The Morgan fingerprint density at radius 1 is 1.21 bits per heavy atom. The highest BCUT2D eigenvalue weighted by atomic mass is 35.5. The number of carbonyl (C=O) groups is 1. The maximum absolute atomic E-state index is 13.1. The number of urea groups is 1. The Balaban J connectivity index is 1.63. The van der Waals surface area contributed by atoms with Crippen LogP contribution in [0.3, 0.4) is 0 Å². The molecule has 1 saturated heterocycles. The molecule has 8 heteroatoms. The predicted molar refractivity (Wildman–Crippen MR) is 113 cm³/mol. The van der Waals surface area contributed by atoms with Gasteiger partial charge in [-0.2, -0.15) is 5.10 Å². The summed E-state index contributed by atoms with van der Waals surface area (Å²) >= 11 is 6.08. The van der Waals surface area contributed by atoms with Crippen LogP contribution >= 0.6 is 11.6 Å². The Morgan fingerprint density at radius 3 is 2.79 bits per heavy atom. The molecule has 0 aromatic carbocycles. The predicted octanol–water partition coefficient (Wildman–Crippen LogP) is 2.98. The van der Waals surface area contributed by atoms with Crippen LogP contribution in [-0.4, -0.2) is 78.7 Å². The van der Waals surface area contributed by atoms with E-state index in [1.165, 1.54) is 5.57 Å². The molecule has 0 unspecified atom stereocenters. The summed E-state index contributed by atoms with van der Waals surface area (Å²) in [5.74, 6) is 0.861. The Labute approximate surface area is 171 Å². The Morgan fingerprint density at radius 2 is 2.00 bits per heavy atom. The molecule has 3 aliphatic rings. The molecule has 0 spiro atoms. The van der Waals surface area contributed by atoms with Crippen LogP contribution < -0.4 is 0 Å². The highest BCUT2D eigenvalue weighted by Gasteiger charge is 2.27. The van der Waals surface area contributed by atoms with E-state index in [1.54, 1.807) is 23.1 Å². The first-order chi connectivity index (χ1) is 13.5. The van der Waals surface area contributed by atoms with Crippen LogP contribution in [0.2, 0.25) is 0 Å². The average molecular weight is 404 g/mol. The number of halogens is 1. The van der Waals surface area contributed by atoms with Crippen molar-refractivity contribution in [3.8, 4) is 0 Å². The maximum Gasteiger partial charge on any atom is 0.324 e. The minimum absolute atomic E-state index is 0.0638. The van der Waals surface area contributed by atoms with Gasteiger partial charge in [0.15, 0.2) is 5.84 Å². The zero-order valence-corrected chi connectivity index (χ0v) is 16.9. The number of allylic oxidation sites excluding steroid dienone is 4. The lowest BCUT2D eigenvalue weighted by Gasteiger charge is -2.38. The number of nitrogens with zero attached hydrogens (tertiary/aromatic N) is 5. The third kappa shape index (κ3) is 5.33. The summed E-state index contributed by atoms with van der Waals surface area (Å²) in [7, 11) is 0. The summed E-state index contributed by atoms with van der Waals surface area (Å²) < 4.78 is 5.52. The molecule has 7 nitrogen and oxygen atoms in total.